The van der Waals surface area contributed by atoms with Crippen LogP contribution >= 0.6 is 0 Å². The van der Waals surface area contributed by atoms with Crippen molar-refractivity contribution in [3.63, 3.8) is 0 Å². The Balaban J connectivity index is 1.71. The number of benzene rings is 1. The van der Waals surface area contributed by atoms with E-state index >= 15 is 0 Å². The van der Waals surface area contributed by atoms with Gasteiger partial charge >= 0.3 is 0 Å². The van der Waals surface area contributed by atoms with Crippen LogP contribution in [0.5, 0.6) is 0 Å². The summed E-state index contributed by atoms with van der Waals surface area (Å²) in [7, 11) is 0. The molecule has 2 aliphatic rings. The van der Waals surface area contributed by atoms with Gasteiger partial charge in [-0.1, -0.05) is 55.5 Å². The number of carbonyl (C=O) groups is 1. The monoisotopic (exact) mass is 534 g/mol. The highest BCUT2D eigenvalue weighted by Crippen LogP contribution is 2.50. The standard InChI is InChI=1S/C34H50N2O3/c1-27(2)25-33(29-11-6-5-7-12-29)21-19-32(4,20-22-33)26-36(23-15-30(35)13-8-9-24-37)31(38)28(3)14-18-34(39)16-10-17-34/h5-8,11-13,35,37,39H,1,3,9-10,14-26H2,2,4H3/b13-8+,35-30?. The lowest BCUT2D eigenvalue weighted by molar-refractivity contribution is -0.129. The van der Waals surface area contributed by atoms with Crippen molar-refractivity contribution in [3.05, 3.63) is 72.4 Å². The minimum Gasteiger partial charge on any atom is -0.396 e. The lowest BCUT2D eigenvalue weighted by Gasteiger charge is -2.47. The van der Waals surface area contributed by atoms with E-state index in [9.17, 15) is 9.90 Å². The number of aliphatic hydroxyl groups excluding tert-OH is 1. The second-order valence-electron chi connectivity index (χ2n) is 12.7. The predicted molar refractivity (Wildman–Crippen MR) is 161 cm³/mol. The molecule has 3 N–H and O–H groups in total. The average Bonchev–Trinajstić information content (AvgIpc) is 2.90. The Morgan fingerprint density at radius 2 is 1.74 bits per heavy atom. The Morgan fingerprint density at radius 3 is 2.31 bits per heavy atom. The van der Waals surface area contributed by atoms with Crippen LogP contribution in [0.15, 0.2) is 66.8 Å². The molecule has 0 heterocycles. The number of hydrogen-bond donors (Lipinski definition) is 3. The molecule has 0 aromatic heterocycles. The maximum absolute atomic E-state index is 13.7. The summed E-state index contributed by atoms with van der Waals surface area (Å²) in [4.78, 5) is 15.6. The molecule has 0 saturated heterocycles. The highest BCUT2D eigenvalue weighted by atomic mass is 16.3. The van der Waals surface area contributed by atoms with Crippen LogP contribution in [-0.2, 0) is 10.2 Å². The number of rotatable bonds is 15. The summed E-state index contributed by atoms with van der Waals surface area (Å²) in [6, 6.07) is 10.8. The van der Waals surface area contributed by atoms with Crippen LogP contribution in [0, 0.1) is 10.8 Å². The first kappa shape index (κ1) is 31.0. The van der Waals surface area contributed by atoms with Crippen molar-refractivity contribution in [2.75, 3.05) is 19.7 Å². The van der Waals surface area contributed by atoms with Gasteiger partial charge in [0, 0.05) is 37.4 Å². The number of hydrogen-bond acceptors (Lipinski definition) is 4. The van der Waals surface area contributed by atoms with Gasteiger partial charge in [0.2, 0.25) is 5.91 Å². The summed E-state index contributed by atoms with van der Waals surface area (Å²) in [5, 5.41) is 27.9. The van der Waals surface area contributed by atoms with Crippen LogP contribution in [-0.4, -0.2) is 52.0 Å². The van der Waals surface area contributed by atoms with E-state index in [0.29, 0.717) is 50.1 Å². The second-order valence-corrected chi connectivity index (χ2v) is 12.7. The quantitative estimate of drug-likeness (QED) is 0.130. The zero-order chi connectivity index (χ0) is 28.5. The number of nitrogens with zero attached hydrogens (tertiary/aromatic N) is 1. The van der Waals surface area contributed by atoms with Crippen LogP contribution in [0.2, 0.25) is 0 Å². The van der Waals surface area contributed by atoms with Crippen molar-refractivity contribution < 1.29 is 15.0 Å². The van der Waals surface area contributed by atoms with E-state index in [4.69, 9.17) is 10.5 Å². The topological polar surface area (TPSA) is 84.6 Å². The number of aliphatic hydroxyl groups is 2. The fourth-order valence-corrected chi connectivity index (χ4v) is 6.33. The minimum absolute atomic E-state index is 0.0234. The molecule has 214 valence electrons. The molecule has 0 atom stereocenters. The zero-order valence-corrected chi connectivity index (χ0v) is 24.3. The summed E-state index contributed by atoms with van der Waals surface area (Å²) in [5.41, 5.74) is 3.03. The van der Waals surface area contributed by atoms with E-state index in [-0.39, 0.29) is 23.3 Å². The van der Waals surface area contributed by atoms with Gasteiger partial charge in [0.05, 0.1) is 5.60 Å². The normalized spacial score (nSPS) is 24.2. The number of amides is 1. The molecule has 39 heavy (non-hydrogen) atoms. The van der Waals surface area contributed by atoms with Gasteiger partial charge < -0.3 is 20.5 Å². The molecule has 3 rings (SSSR count). The van der Waals surface area contributed by atoms with Gasteiger partial charge in [-0.05, 0) is 100 Å². The average molecular weight is 535 g/mol. The highest BCUT2D eigenvalue weighted by molar-refractivity contribution is 5.95. The van der Waals surface area contributed by atoms with Gasteiger partial charge in [0.25, 0.3) is 0 Å². The molecule has 5 nitrogen and oxygen atoms in total. The molecule has 0 unspecified atom stereocenters. The summed E-state index contributed by atoms with van der Waals surface area (Å²) in [5.74, 6) is -0.0480. The highest BCUT2D eigenvalue weighted by Gasteiger charge is 2.42. The molecule has 2 fully saturated rings. The molecule has 1 aromatic carbocycles. The number of nitrogens with one attached hydrogen (secondary N) is 1. The van der Waals surface area contributed by atoms with Crippen molar-refractivity contribution >= 4 is 11.6 Å². The van der Waals surface area contributed by atoms with Crippen LogP contribution in [0.4, 0.5) is 0 Å². The van der Waals surface area contributed by atoms with Crippen molar-refractivity contribution in [1.82, 2.24) is 4.90 Å². The molecule has 0 spiro atoms. The summed E-state index contributed by atoms with van der Waals surface area (Å²) >= 11 is 0. The Kier molecular flexibility index (Phi) is 10.9. The molecule has 1 amide bonds. The van der Waals surface area contributed by atoms with Crippen LogP contribution in [0.3, 0.4) is 0 Å². The van der Waals surface area contributed by atoms with E-state index in [1.54, 1.807) is 12.2 Å². The van der Waals surface area contributed by atoms with Gasteiger partial charge in [-0.25, -0.2) is 0 Å². The molecule has 0 aliphatic heterocycles. The first-order valence-electron chi connectivity index (χ1n) is 14.7. The van der Waals surface area contributed by atoms with E-state index in [0.717, 1.165) is 51.4 Å². The molecule has 2 aliphatic carbocycles. The van der Waals surface area contributed by atoms with Gasteiger partial charge in [-0.3, -0.25) is 4.79 Å². The number of allylic oxidation sites excluding steroid dienone is 2. The zero-order valence-electron chi connectivity index (χ0n) is 24.3. The second kappa shape index (κ2) is 13.7. The van der Waals surface area contributed by atoms with E-state index in [2.05, 4.69) is 57.3 Å². The van der Waals surface area contributed by atoms with E-state index in [1.807, 2.05) is 4.90 Å². The Morgan fingerprint density at radius 1 is 1.08 bits per heavy atom. The first-order valence-corrected chi connectivity index (χ1v) is 14.7. The maximum Gasteiger partial charge on any atom is 0.249 e. The molecule has 2 saturated carbocycles. The summed E-state index contributed by atoms with van der Waals surface area (Å²) in [6.45, 7) is 14.0. The van der Waals surface area contributed by atoms with Crippen molar-refractivity contribution in [3.8, 4) is 0 Å². The predicted octanol–water partition coefficient (Wildman–Crippen LogP) is 6.90. The van der Waals surface area contributed by atoms with Crippen LogP contribution in [0.25, 0.3) is 0 Å². The Hall–Kier alpha value is -2.50. The van der Waals surface area contributed by atoms with Crippen molar-refractivity contribution in [2.45, 2.75) is 102 Å². The molecular weight excluding hydrogens is 484 g/mol. The SMILES string of the molecule is C=C(C)CC1(c2ccccc2)CCC(C)(CN(CCC(=N)/C=C/CCO)C(=O)C(=C)CCC2(O)CCC2)CC1. The Labute approximate surface area is 236 Å². The van der Waals surface area contributed by atoms with Crippen LogP contribution in [0.1, 0.15) is 96.5 Å². The minimum atomic E-state index is -0.632. The van der Waals surface area contributed by atoms with Gasteiger partial charge in [-0.15, -0.1) is 6.58 Å². The van der Waals surface area contributed by atoms with E-state index < -0.39 is 5.60 Å². The third-order valence-corrected chi connectivity index (χ3v) is 9.05. The van der Waals surface area contributed by atoms with Gasteiger partial charge in [0.1, 0.15) is 0 Å². The van der Waals surface area contributed by atoms with E-state index in [1.165, 1.54) is 11.1 Å². The summed E-state index contributed by atoms with van der Waals surface area (Å²) < 4.78 is 0. The smallest absolute Gasteiger partial charge is 0.249 e. The molecular formula is C34H50N2O3. The largest absolute Gasteiger partial charge is 0.396 e. The Bertz CT molecular complexity index is 1030. The van der Waals surface area contributed by atoms with Crippen molar-refractivity contribution in [2.24, 2.45) is 5.41 Å². The molecule has 0 bridgehead atoms. The lowest BCUT2D eigenvalue weighted by Crippen LogP contribution is -2.45. The third-order valence-electron chi connectivity index (χ3n) is 9.05. The third kappa shape index (κ3) is 8.74. The molecule has 0 radical (unpaired) electrons. The van der Waals surface area contributed by atoms with Gasteiger partial charge in [-0.2, -0.15) is 0 Å². The molecule has 5 heteroatoms. The first-order chi connectivity index (χ1) is 18.5. The fourth-order valence-electron chi connectivity index (χ4n) is 6.33. The lowest BCUT2D eigenvalue weighted by atomic mass is 9.59. The van der Waals surface area contributed by atoms with Crippen molar-refractivity contribution in [1.29, 1.82) is 5.41 Å². The maximum atomic E-state index is 13.7. The molecule has 1 aromatic rings. The van der Waals surface area contributed by atoms with Crippen LogP contribution < -0.4 is 0 Å². The van der Waals surface area contributed by atoms with Gasteiger partial charge in [0.15, 0.2) is 0 Å². The number of carbonyl (C=O) groups excluding carboxylic acids is 1. The fraction of sp³-hybridized carbons (Fsp3) is 0.588. The summed E-state index contributed by atoms with van der Waals surface area (Å²) in [6.07, 6.45) is 13.4.